The predicted octanol–water partition coefficient (Wildman–Crippen LogP) is 4.31. The lowest BCUT2D eigenvalue weighted by Crippen LogP contribution is -2.27. The number of hydrogen-bond donors (Lipinski definition) is 0. The van der Waals surface area contributed by atoms with Crippen LogP contribution in [0, 0.1) is 17.0 Å². The minimum absolute atomic E-state index is 0.0299. The third kappa shape index (κ3) is 3.08. The number of anilines is 1. The molecule has 120 valence electrons. The van der Waals surface area contributed by atoms with Crippen LogP contribution in [0.4, 0.5) is 11.4 Å². The molecule has 7 heteroatoms. The summed E-state index contributed by atoms with van der Waals surface area (Å²) in [7, 11) is 0. The number of nitro benzene ring substituents is 1. The number of benzene rings is 2. The molecule has 1 aliphatic heterocycles. The van der Waals surface area contributed by atoms with E-state index in [1.807, 2.05) is 30.3 Å². The van der Waals surface area contributed by atoms with E-state index >= 15 is 0 Å². The number of rotatable bonds is 3. The molecule has 1 aliphatic rings. The minimum atomic E-state index is -0.429. The molecule has 0 aliphatic carbocycles. The zero-order valence-corrected chi connectivity index (χ0v) is 14.3. The second kappa shape index (κ2) is 6.54. The van der Waals surface area contributed by atoms with Crippen molar-refractivity contribution in [3.63, 3.8) is 0 Å². The van der Waals surface area contributed by atoms with Gasteiger partial charge in [-0.05, 0) is 30.7 Å². The first-order valence-corrected chi connectivity index (χ1v) is 8.28. The summed E-state index contributed by atoms with van der Waals surface area (Å²) >= 11 is 6.49. The van der Waals surface area contributed by atoms with Gasteiger partial charge in [-0.25, -0.2) is 0 Å². The number of nitro groups is 1. The van der Waals surface area contributed by atoms with Gasteiger partial charge >= 0.3 is 0 Å². The van der Waals surface area contributed by atoms with E-state index in [1.54, 1.807) is 25.1 Å². The van der Waals surface area contributed by atoms with Gasteiger partial charge in [0.15, 0.2) is 4.32 Å². The number of thiocarbonyl (C=S) groups is 1. The topological polar surface area (TPSA) is 63.5 Å². The Kier molecular flexibility index (Phi) is 4.46. The smallest absolute Gasteiger partial charge is 0.268 e. The van der Waals surface area contributed by atoms with E-state index in [9.17, 15) is 14.9 Å². The highest BCUT2D eigenvalue weighted by atomic mass is 32.2. The van der Waals surface area contributed by atoms with Crippen LogP contribution in [0.15, 0.2) is 53.4 Å². The van der Waals surface area contributed by atoms with Crippen LogP contribution >= 0.6 is 24.0 Å². The van der Waals surface area contributed by atoms with Crippen LogP contribution in [0.1, 0.15) is 11.1 Å². The van der Waals surface area contributed by atoms with Crippen LogP contribution in [-0.2, 0) is 4.79 Å². The molecular formula is C17H12N2O3S2. The molecule has 0 N–H and O–H groups in total. The molecule has 24 heavy (non-hydrogen) atoms. The Labute approximate surface area is 148 Å². The number of carbonyl (C=O) groups is 1. The lowest BCUT2D eigenvalue weighted by atomic mass is 10.1. The number of nitrogens with zero attached hydrogens (tertiary/aromatic N) is 2. The van der Waals surface area contributed by atoms with Crippen molar-refractivity contribution >= 4 is 51.7 Å². The second-order valence-corrected chi connectivity index (χ2v) is 6.83. The molecule has 0 aromatic heterocycles. The third-order valence-electron chi connectivity index (χ3n) is 3.54. The Hall–Kier alpha value is -2.51. The minimum Gasteiger partial charge on any atom is -0.268 e. The zero-order valence-electron chi connectivity index (χ0n) is 12.6. The molecule has 3 rings (SSSR count). The van der Waals surface area contributed by atoms with E-state index < -0.39 is 4.92 Å². The molecule has 1 fully saturated rings. The summed E-state index contributed by atoms with van der Waals surface area (Å²) in [6.07, 6.45) is 1.63. The molecule has 0 atom stereocenters. The average molecular weight is 356 g/mol. The van der Waals surface area contributed by atoms with Crippen molar-refractivity contribution in [2.45, 2.75) is 6.92 Å². The number of thioether (sulfide) groups is 1. The standard InChI is InChI=1S/C17H12N2O3S2/c1-11-7-8-12(9-14(11)19(21)22)10-15-16(20)18(17(23)24-15)13-5-3-2-4-6-13/h2-10H,1H3/b15-10-. The number of aryl methyl sites for hydroxylation is 1. The maximum Gasteiger partial charge on any atom is 0.272 e. The van der Waals surface area contributed by atoms with Gasteiger partial charge in [0.2, 0.25) is 0 Å². The largest absolute Gasteiger partial charge is 0.272 e. The van der Waals surface area contributed by atoms with Gasteiger partial charge in [0.25, 0.3) is 11.6 Å². The number of carbonyl (C=O) groups excluding carboxylic acids is 1. The van der Waals surface area contributed by atoms with Gasteiger partial charge in [-0.2, -0.15) is 0 Å². The molecule has 0 bridgehead atoms. The molecule has 0 saturated carbocycles. The quantitative estimate of drug-likeness (QED) is 0.355. The Morgan fingerprint density at radius 2 is 1.92 bits per heavy atom. The van der Waals surface area contributed by atoms with Crippen molar-refractivity contribution in [2.24, 2.45) is 0 Å². The second-order valence-electron chi connectivity index (χ2n) is 5.16. The molecule has 2 aromatic carbocycles. The number of para-hydroxylation sites is 1. The summed E-state index contributed by atoms with van der Waals surface area (Å²) in [5.74, 6) is -0.223. The summed E-state index contributed by atoms with van der Waals surface area (Å²) in [6.45, 7) is 1.68. The molecule has 2 aromatic rings. The maximum atomic E-state index is 12.6. The summed E-state index contributed by atoms with van der Waals surface area (Å²) in [5.41, 5.74) is 1.91. The predicted molar refractivity (Wildman–Crippen MR) is 99.9 cm³/mol. The molecule has 1 amide bonds. The third-order valence-corrected chi connectivity index (χ3v) is 4.84. The molecule has 0 spiro atoms. The van der Waals surface area contributed by atoms with Crippen molar-refractivity contribution < 1.29 is 9.72 Å². The maximum absolute atomic E-state index is 12.6. The average Bonchev–Trinajstić information content (AvgIpc) is 2.83. The van der Waals surface area contributed by atoms with Crippen LogP contribution < -0.4 is 4.90 Å². The van der Waals surface area contributed by atoms with E-state index in [-0.39, 0.29) is 11.6 Å². The van der Waals surface area contributed by atoms with Crippen LogP contribution in [0.3, 0.4) is 0 Å². The summed E-state index contributed by atoms with van der Waals surface area (Å²) in [4.78, 5) is 25.2. The summed E-state index contributed by atoms with van der Waals surface area (Å²) in [5, 5.41) is 11.0. The van der Waals surface area contributed by atoms with Crippen LogP contribution in [0.5, 0.6) is 0 Å². The van der Waals surface area contributed by atoms with Crippen LogP contribution in [0.25, 0.3) is 6.08 Å². The van der Waals surface area contributed by atoms with Crippen molar-refractivity contribution in [3.05, 3.63) is 74.7 Å². The number of amides is 1. The van der Waals surface area contributed by atoms with E-state index in [4.69, 9.17) is 12.2 Å². The molecule has 1 heterocycles. The fraction of sp³-hybridized carbons (Fsp3) is 0.0588. The normalized spacial score (nSPS) is 16.0. The van der Waals surface area contributed by atoms with Gasteiger partial charge in [-0.15, -0.1) is 0 Å². The van der Waals surface area contributed by atoms with Crippen LogP contribution in [-0.4, -0.2) is 15.2 Å². The summed E-state index contributed by atoms with van der Waals surface area (Å²) < 4.78 is 0.444. The molecular weight excluding hydrogens is 344 g/mol. The first-order valence-electron chi connectivity index (χ1n) is 7.05. The first-order chi connectivity index (χ1) is 11.5. The van der Waals surface area contributed by atoms with E-state index in [1.165, 1.54) is 22.7 Å². The van der Waals surface area contributed by atoms with E-state index in [0.29, 0.717) is 26.0 Å². The lowest BCUT2D eigenvalue weighted by molar-refractivity contribution is -0.385. The van der Waals surface area contributed by atoms with Gasteiger partial charge in [0.05, 0.1) is 15.5 Å². The Bertz CT molecular complexity index is 879. The monoisotopic (exact) mass is 356 g/mol. The van der Waals surface area contributed by atoms with E-state index in [2.05, 4.69) is 0 Å². The van der Waals surface area contributed by atoms with Crippen molar-refractivity contribution in [2.75, 3.05) is 4.90 Å². The lowest BCUT2D eigenvalue weighted by Gasteiger charge is -2.13. The SMILES string of the molecule is Cc1ccc(/C=C2\SC(=S)N(c3ccccc3)C2=O)cc1[N+](=O)[O-]. The van der Waals surface area contributed by atoms with Crippen molar-refractivity contribution in [3.8, 4) is 0 Å². The Morgan fingerprint density at radius 3 is 2.58 bits per heavy atom. The molecule has 0 radical (unpaired) electrons. The van der Waals surface area contributed by atoms with Gasteiger partial charge in [0, 0.05) is 11.6 Å². The Balaban J connectivity index is 1.95. The molecule has 0 unspecified atom stereocenters. The van der Waals surface area contributed by atoms with Crippen molar-refractivity contribution in [1.82, 2.24) is 0 Å². The van der Waals surface area contributed by atoms with Gasteiger partial charge in [0.1, 0.15) is 0 Å². The zero-order chi connectivity index (χ0) is 17.3. The van der Waals surface area contributed by atoms with Gasteiger partial charge in [-0.3, -0.25) is 19.8 Å². The highest BCUT2D eigenvalue weighted by Crippen LogP contribution is 2.36. The fourth-order valence-corrected chi connectivity index (χ4v) is 3.63. The first kappa shape index (κ1) is 16.4. The highest BCUT2D eigenvalue weighted by Gasteiger charge is 2.33. The van der Waals surface area contributed by atoms with Crippen LogP contribution in [0.2, 0.25) is 0 Å². The highest BCUT2D eigenvalue weighted by molar-refractivity contribution is 8.27. The summed E-state index contributed by atoms with van der Waals surface area (Å²) in [6, 6.07) is 14.0. The fourth-order valence-electron chi connectivity index (χ4n) is 2.33. The number of hydrogen-bond acceptors (Lipinski definition) is 5. The van der Waals surface area contributed by atoms with Crippen molar-refractivity contribution in [1.29, 1.82) is 0 Å². The van der Waals surface area contributed by atoms with Gasteiger partial charge in [-0.1, -0.05) is 54.3 Å². The Morgan fingerprint density at radius 1 is 1.21 bits per heavy atom. The van der Waals surface area contributed by atoms with Gasteiger partial charge < -0.3 is 0 Å². The van der Waals surface area contributed by atoms with E-state index in [0.717, 1.165) is 0 Å². The molecule has 1 saturated heterocycles. The molecule has 5 nitrogen and oxygen atoms in total.